The standard InChI is InChI=1S/C20H30N2O3/c1-4-15(3)19(22-18(23)14-21)20(24)25-17-12-10-8-6-7-9-11-16(5-2)13-17/h2,11,13,15,19H,4,6-10,12,14,21H2,1,3H3,(H,22,23). The Balaban J connectivity index is 2.93. The SMILES string of the molecule is C#CC1=CCCCCCCC(OC(=O)C(NC(=O)CN)C(C)CC)=C1. The summed E-state index contributed by atoms with van der Waals surface area (Å²) in [5, 5.41) is 2.66. The van der Waals surface area contributed by atoms with E-state index in [0.717, 1.165) is 44.1 Å². The number of ether oxygens (including phenoxy) is 1. The number of terminal acetylenes is 1. The summed E-state index contributed by atoms with van der Waals surface area (Å²) in [6.45, 7) is 3.70. The van der Waals surface area contributed by atoms with Crippen molar-refractivity contribution >= 4 is 11.9 Å². The van der Waals surface area contributed by atoms with Crippen LogP contribution in [0.2, 0.25) is 0 Å². The predicted octanol–water partition coefficient (Wildman–Crippen LogP) is 2.82. The molecule has 2 unspecified atom stereocenters. The lowest BCUT2D eigenvalue weighted by molar-refractivity contribution is -0.145. The number of hydrogen-bond acceptors (Lipinski definition) is 4. The first kappa shape index (κ1) is 21.0. The summed E-state index contributed by atoms with van der Waals surface area (Å²) >= 11 is 0. The van der Waals surface area contributed by atoms with Crippen LogP contribution >= 0.6 is 0 Å². The maximum absolute atomic E-state index is 12.6. The Hall–Kier alpha value is -2.06. The third-order valence-corrected chi connectivity index (χ3v) is 4.43. The minimum absolute atomic E-state index is 0.0502. The molecule has 2 atom stereocenters. The molecule has 0 aromatic rings. The van der Waals surface area contributed by atoms with Gasteiger partial charge in [0.2, 0.25) is 5.91 Å². The molecule has 25 heavy (non-hydrogen) atoms. The average molecular weight is 346 g/mol. The number of allylic oxidation sites excluding steroid dienone is 4. The third-order valence-electron chi connectivity index (χ3n) is 4.43. The number of nitrogens with one attached hydrogen (secondary N) is 1. The van der Waals surface area contributed by atoms with Gasteiger partial charge >= 0.3 is 5.97 Å². The lowest BCUT2D eigenvalue weighted by atomic mass is 9.99. The molecule has 0 spiro atoms. The highest BCUT2D eigenvalue weighted by atomic mass is 16.5. The molecule has 0 aliphatic heterocycles. The zero-order valence-electron chi connectivity index (χ0n) is 15.3. The fourth-order valence-corrected chi connectivity index (χ4v) is 2.63. The highest BCUT2D eigenvalue weighted by Crippen LogP contribution is 2.19. The quantitative estimate of drug-likeness (QED) is 0.572. The van der Waals surface area contributed by atoms with Crippen molar-refractivity contribution in [3.8, 4) is 12.3 Å². The second-order valence-corrected chi connectivity index (χ2v) is 6.42. The van der Waals surface area contributed by atoms with Crippen LogP contribution in [0.25, 0.3) is 0 Å². The molecule has 0 saturated carbocycles. The fraction of sp³-hybridized carbons (Fsp3) is 0.600. The van der Waals surface area contributed by atoms with Gasteiger partial charge in [0.25, 0.3) is 0 Å². The normalized spacial score (nSPS) is 18.0. The fourth-order valence-electron chi connectivity index (χ4n) is 2.63. The van der Waals surface area contributed by atoms with Crippen molar-refractivity contribution in [2.45, 2.75) is 64.8 Å². The van der Waals surface area contributed by atoms with Crippen LogP contribution in [-0.4, -0.2) is 24.5 Å². The highest BCUT2D eigenvalue weighted by Gasteiger charge is 2.28. The lowest BCUT2D eigenvalue weighted by Gasteiger charge is -2.23. The van der Waals surface area contributed by atoms with Crippen molar-refractivity contribution in [3.63, 3.8) is 0 Å². The van der Waals surface area contributed by atoms with E-state index in [1.807, 2.05) is 19.9 Å². The van der Waals surface area contributed by atoms with Gasteiger partial charge in [0.1, 0.15) is 11.8 Å². The largest absolute Gasteiger partial charge is 0.430 e. The van der Waals surface area contributed by atoms with Gasteiger partial charge in [0.05, 0.1) is 6.54 Å². The summed E-state index contributed by atoms with van der Waals surface area (Å²) in [5.41, 5.74) is 6.08. The molecule has 138 valence electrons. The van der Waals surface area contributed by atoms with Crippen molar-refractivity contribution in [2.75, 3.05) is 6.54 Å². The molecule has 0 heterocycles. The van der Waals surface area contributed by atoms with Gasteiger partial charge in [-0.25, -0.2) is 4.79 Å². The van der Waals surface area contributed by atoms with Crippen molar-refractivity contribution in [1.29, 1.82) is 0 Å². The molecule has 1 aliphatic carbocycles. The molecule has 0 aromatic carbocycles. The zero-order valence-corrected chi connectivity index (χ0v) is 15.3. The van der Waals surface area contributed by atoms with Crippen LogP contribution in [0.3, 0.4) is 0 Å². The predicted molar refractivity (Wildman–Crippen MR) is 99.2 cm³/mol. The van der Waals surface area contributed by atoms with E-state index >= 15 is 0 Å². The third kappa shape index (κ3) is 7.57. The maximum atomic E-state index is 12.6. The van der Waals surface area contributed by atoms with Gasteiger partial charge in [-0.3, -0.25) is 4.79 Å². The van der Waals surface area contributed by atoms with E-state index in [1.165, 1.54) is 0 Å². The summed E-state index contributed by atoms with van der Waals surface area (Å²) in [6.07, 6.45) is 15.9. The average Bonchev–Trinajstić information content (AvgIpc) is 2.63. The monoisotopic (exact) mass is 346 g/mol. The van der Waals surface area contributed by atoms with Gasteiger partial charge in [0.15, 0.2) is 0 Å². The number of rotatable bonds is 6. The summed E-state index contributed by atoms with van der Waals surface area (Å²) in [4.78, 5) is 24.2. The Morgan fingerprint density at radius 2 is 2.08 bits per heavy atom. The van der Waals surface area contributed by atoms with Crippen LogP contribution in [-0.2, 0) is 14.3 Å². The molecule has 5 nitrogen and oxygen atoms in total. The van der Waals surface area contributed by atoms with Crippen molar-refractivity contribution in [3.05, 3.63) is 23.5 Å². The Bertz CT molecular complexity index is 558. The van der Waals surface area contributed by atoms with E-state index < -0.39 is 12.0 Å². The zero-order chi connectivity index (χ0) is 18.7. The van der Waals surface area contributed by atoms with E-state index in [-0.39, 0.29) is 18.4 Å². The molecule has 0 radical (unpaired) electrons. The molecule has 3 N–H and O–H groups in total. The molecule has 0 aromatic heterocycles. The second kappa shape index (κ2) is 11.5. The number of esters is 1. The number of carbonyl (C=O) groups excluding carboxylic acids is 2. The highest BCUT2D eigenvalue weighted by molar-refractivity contribution is 5.86. The molecule has 5 heteroatoms. The topological polar surface area (TPSA) is 81.4 Å². The molecule has 1 amide bonds. The van der Waals surface area contributed by atoms with Crippen LogP contribution < -0.4 is 11.1 Å². The minimum Gasteiger partial charge on any atom is -0.430 e. The molecule has 1 rings (SSSR count). The molecule has 0 fully saturated rings. The summed E-state index contributed by atoms with van der Waals surface area (Å²) in [7, 11) is 0. The molecule has 0 bridgehead atoms. The first-order chi connectivity index (χ1) is 12.0. The number of carbonyl (C=O) groups is 2. The first-order valence-corrected chi connectivity index (χ1v) is 9.10. The minimum atomic E-state index is -0.712. The number of nitrogens with two attached hydrogens (primary N) is 1. The van der Waals surface area contributed by atoms with E-state index in [9.17, 15) is 9.59 Å². The van der Waals surface area contributed by atoms with Crippen LogP contribution in [0.15, 0.2) is 23.5 Å². The number of amides is 1. The summed E-state index contributed by atoms with van der Waals surface area (Å²) < 4.78 is 5.62. The molecule has 1 aliphatic rings. The second-order valence-electron chi connectivity index (χ2n) is 6.42. The number of hydrogen-bond donors (Lipinski definition) is 2. The van der Waals surface area contributed by atoms with E-state index in [1.54, 1.807) is 6.08 Å². The van der Waals surface area contributed by atoms with Crippen molar-refractivity contribution in [2.24, 2.45) is 11.7 Å². The van der Waals surface area contributed by atoms with Gasteiger partial charge in [-0.15, -0.1) is 6.42 Å². The van der Waals surface area contributed by atoms with Gasteiger partial charge in [-0.05, 0) is 31.3 Å². The van der Waals surface area contributed by atoms with Crippen molar-refractivity contribution < 1.29 is 14.3 Å². The van der Waals surface area contributed by atoms with Gasteiger partial charge < -0.3 is 15.8 Å². The summed E-state index contributed by atoms with van der Waals surface area (Å²) in [5.74, 6) is 2.31. The molecular weight excluding hydrogens is 316 g/mol. The van der Waals surface area contributed by atoms with Crippen LogP contribution in [0, 0.1) is 18.3 Å². The van der Waals surface area contributed by atoms with Crippen LogP contribution in [0.1, 0.15) is 58.8 Å². The van der Waals surface area contributed by atoms with Gasteiger partial charge in [-0.1, -0.05) is 45.1 Å². The van der Waals surface area contributed by atoms with Crippen molar-refractivity contribution in [1.82, 2.24) is 5.32 Å². The maximum Gasteiger partial charge on any atom is 0.333 e. The van der Waals surface area contributed by atoms with E-state index in [2.05, 4.69) is 11.2 Å². The Morgan fingerprint density at radius 3 is 2.72 bits per heavy atom. The van der Waals surface area contributed by atoms with E-state index in [0.29, 0.717) is 12.2 Å². The van der Waals surface area contributed by atoms with Gasteiger partial charge in [0, 0.05) is 12.0 Å². The lowest BCUT2D eigenvalue weighted by Crippen LogP contribution is -2.47. The van der Waals surface area contributed by atoms with Crippen LogP contribution in [0.5, 0.6) is 0 Å². The summed E-state index contributed by atoms with van der Waals surface area (Å²) in [6, 6.07) is -0.712. The first-order valence-electron chi connectivity index (χ1n) is 9.10. The van der Waals surface area contributed by atoms with E-state index in [4.69, 9.17) is 16.9 Å². The van der Waals surface area contributed by atoms with Gasteiger partial charge in [-0.2, -0.15) is 0 Å². The van der Waals surface area contributed by atoms with Crippen LogP contribution in [0.4, 0.5) is 0 Å². The molecule has 0 saturated heterocycles. The molecular formula is C20H30N2O3. The smallest absolute Gasteiger partial charge is 0.333 e. The Labute approximate surface area is 151 Å². The Morgan fingerprint density at radius 1 is 1.36 bits per heavy atom. The Kier molecular flexibility index (Phi) is 9.64.